The number of aryl methyl sites for hydroxylation is 1. The van der Waals surface area contributed by atoms with Gasteiger partial charge in [-0.05, 0) is 43.5 Å². The molecule has 1 amide bonds. The van der Waals surface area contributed by atoms with Gasteiger partial charge in [0.15, 0.2) is 5.16 Å². The second-order valence-electron chi connectivity index (χ2n) is 9.12. The Morgan fingerprint density at radius 1 is 0.763 bits per heavy atom. The lowest BCUT2D eigenvalue weighted by atomic mass is 10.0. The van der Waals surface area contributed by atoms with Crippen LogP contribution in [-0.4, -0.2) is 27.8 Å². The minimum Gasteiger partial charge on any atom is -0.352 e. The zero-order valence-electron chi connectivity index (χ0n) is 21.5. The Kier molecular flexibility index (Phi) is 8.36. The Labute approximate surface area is 228 Å². The number of hydrogen-bond donors (Lipinski definition) is 1. The highest BCUT2D eigenvalue weighted by atomic mass is 32.2. The molecule has 1 aromatic heterocycles. The van der Waals surface area contributed by atoms with E-state index in [4.69, 9.17) is 4.98 Å². The molecule has 0 atom stereocenters. The SMILES string of the molecule is Cc1ccccc1C(=O)NCCCCSc1nc(-c2ccccc2)c(-c2ccccc2)n1-c1ccccc1. The van der Waals surface area contributed by atoms with Gasteiger partial charge in [0, 0.05) is 34.7 Å². The van der Waals surface area contributed by atoms with E-state index < -0.39 is 0 Å². The molecule has 0 saturated carbocycles. The van der Waals surface area contributed by atoms with Crippen LogP contribution in [0.15, 0.2) is 120 Å². The summed E-state index contributed by atoms with van der Waals surface area (Å²) in [6.07, 6.45) is 1.88. The van der Waals surface area contributed by atoms with Gasteiger partial charge in [-0.2, -0.15) is 0 Å². The van der Waals surface area contributed by atoms with Gasteiger partial charge in [-0.3, -0.25) is 9.36 Å². The molecule has 0 spiro atoms. The molecule has 190 valence electrons. The fraction of sp³-hybridized carbons (Fsp3) is 0.152. The molecule has 4 nitrogen and oxygen atoms in total. The Hall–Kier alpha value is -4.09. The van der Waals surface area contributed by atoms with E-state index in [0.717, 1.165) is 63.1 Å². The minimum absolute atomic E-state index is 0.00428. The first-order valence-corrected chi connectivity index (χ1v) is 14.0. The highest BCUT2D eigenvalue weighted by Crippen LogP contribution is 2.38. The maximum absolute atomic E-state index is 12.5. The average molecular weight is 518 g/mol. The fourth-order valence-electron chi connectivity index (χ4n) is 4.49. The fourth-order valence-corrected chi connectivity index (χ4v) is 5.50. The molecule has 1 N–H and O–H groups in total. The lowest BCUT2D eigenvalue weighted by Gasteiger charge is -2.13. The number of aromatic nitrogens is 2. The van der Waals surface area contributed by atoms with Crippen LogP contribution < -0.4 is 5.32 Å². The molecule has 38 heavy (non-hydrogen) atoms. The normalized spacial score (nSPS) is 10.9. The summed E-state index contributed by atoms with van der Waals surface area (Å²) in [6, 6.07) is 39.0. The van der Waals surface area contributed by atoms with Crippen LogP contribution in [0.4, 0.5) is 0 Å². The first-order chi connectivity index (χ1) is 18.7. The van der Waals surface area contributed by atoms with Crippen molar-refractivity contribution in [3.8, 4) is 28.2 Å². The van der Waals surface area contributed by atoms with Crippen LogP contribution in [0.2, 0.25) is 0 Å². The Bertz CT molecular complexity index is 1480. The summed E-state index contributed by atoms with van der Waals surface area (Å²) in [7, 11) is 0. The molecule has 0 aliphatic rings. The van der Waals surface area contributed by atoms with Crippen LogP contribution in [0.5, 0.6) is 0 Å². The highest BCUT2D eigenvalue weighted by molar-refractivity contribution is 7.99. The number of unbranched alkanes of at least 4 members (excludes halogenated alkanes) is 1. The van der Waals surface area contributed by atoms with Crippen molar-refractivity contribution < 1.29 is 4.79 Å². The van der Waals surface area contributed by atoms with E-state index in [1.807, 2.05) is 49.4 Å². The Morgan fingerprint density at radius 2 is 1.37 bits per heavy atom. The summed E-state index contributed by atoms with van der Waals surface area (Å²) in [5.74, 6) is 0.905. The molecular formula is C33H31N3OS. The number of benzene rings is 4. The molecule has 5 rings (SSSR count). The van der Waals surface area contributed by atoms with E-state index in [-0.39, 0.29) is 5.91 Å². The van der Waals surface area contributed by atoms with Crippen molar-refractivity contribution in [3.63, 3.8) is 0 Å². The predicted molar refractivity (Wildman–Crippen MR) is 158 cm³/mol. The third-order valence-corrected chi connectivity index (χ3v) is 7.46. The molecule has 0 bridgehead atoms. The number of imidazole rings is 1. The summed E-state index contributed by atoms with van der Waals surface area (Å²) in [4.78, 5) is 17.7. The lowest BCUT2D eigenvalue weighted by Crippen LogP contribution is -2.25. The summed E-state index contributed by atoms with van der Waals surface area (Å²) in [5.41, 5.74) is 7.14. The number of carbonyl (C=O) groups is 1. The molecule has 0 aliphatic carbocycles. The van der Waals surface area contributed by atoms with Crippen molar-refractivity contribution >= 4 is 17.7 Å². The van der Waals surface area contributed by atoms with Gasteiger partial charge < -0.3 is 5.32 Å². The third-order valence-electron chi connectivity index (χ3n) is 6.43. The zero-order chi connectivity index (χ0) is 26.2. The van der Waals surface area contributed by atoms with Gasteiger partial charge in [-0.15, -0.1) is 0 Å². The van der Waals surface area contributed by atoms with Crippen LogP contribution in [0.1, 0.15) is 28.8 Å². The van der Waals surface area contributed by atoms with Gasteiger partial charge in [0.05, 0.1) is 11.4 Å². The van der Waals surface area contributed by atoms with Gasteiger partial charge in [-0.25, -0.2) is 4.98 Å². The summed E-state index contributed by atoms with van der Waals surface area (Å²) < 4.78 is 2.28. The highest BCUT2D eigenvalue weighted by Gasteiger charge is 2.21. The smallest absolute Gasteiger partial charge is 0.251 e. The molecule has 4 aromatic carbocycles. The molecule has 0 saturated heterocycles. The molecule has 5 heteroatoms. The molecule has 0 fully saturated rings. The number of nitrogens with zero attached hydrogens (tertiary/aromatic N) is 2. The second kappa shape index (κ2) is 12.4. The van der Waals surface area contributed by atoms with Crippen molar-refractivity contribution in [2.45, 2.75) is 24.9 Å². The van der Waals surface area contributed by atoms with Crippen LogP contribution in [0, 0.1) is 6.92 Å². The molecule has 5 aromatic rings. The number of nitrogens with one attached hydrogen (secondary N) is 1. The van der Waals surface area contributed by atoms with Gasteiger partial charge >= 0.3 is 0 Å². The number of hydrogen-bond acceptors (Lipinski definition) is 3. The molecule has 0 aliphatic heterocycles. The van der Waals surface area contributed by atoms with Gasteiger partial charge in [0.1, 0.15) is 0 Å². The summed E-state index contributed by atoms with van der Waals surface area (Å²) >= 11 is 1.76. The van der Waals surface area contributed by atoms with Crippen molar-refractivity contribution in [2.24, 2.45) is 0 Å². The van der Waals surface area contributed by atoms with Crippen LogP contribution in [0.3, 0.4) is 0 Å². The monoisotopic (exact) mass is 517 g/mol. The number of rotatable bonds is 10. The maximum atomic E-state index is 12.5. The number of thioether (sulfide) groups is 1. The molecule has 0 radical (unpaired) electrons. The van der Waals surface area contributed by atoms with Crippen LogP contribution in [0.25, 0.3) is 28.2 Å². The largest absolute Gasteiger partial charge is 0.352 e. The standard InChI is InChI=1S/C33H31N3OS/c1-25-15-11-12-22-29(25)32(37)34-23-13-14-24-38-33-35-30(26-16-5-2-6-17-26)31(27-18-7-3-8-19-27)36(33)28-20-9-4-10-21-28/h2-12,15-22H,13-14,23-24H2,1H3,(H,34,37). The van der Waals surface area contributed by atoms with E-state index >= 15 is 0 Å². The van der Waals surface area contributed by atoms with E-state index in [1.54, 1.807) is 11.8 Å². The number of carbonyl (C=O) groups excluding carboxylic acids is 1. The van der Waals surface area contributed by atoms with Gasteiger partial charge in [-0.1, -0.05) is 109 Å². The van der Waals surface area contributed by atoms with Crippen LogP contribution >= 0.6 is 11.8 Å². The van der Waals surface area contributed by atoms with Gasteiger partial charge in [0.25, 0.3) is 5.91 Å². The minimum atomic E-state index is -0.00428. The topological polar surface area (TPSA) is 46.9 Å². The molecule has 0 unspecified atom stereocenters. The van der Waals surface area contributed by atoms with Crippen LogP contribution in [-0.2, 0) is 0 Å². The van der Waals surface area contributed by atoms with Crippen molar-refractivity contribution in [1.82, 2.24) is 14.9 Å². The van der Waals surface area contributed by atoms with Crippen molar-refractivity contribution in [1.29, 1.82) is 0 Å². The van der Waals surface area contributed by atoms with Crippen molar-refractivity contribution in [2.75, 3.05) is 12.3 Å². The third kappa shape index (κ3) is 5.90. The quantitative estimate of drug-likeness (QED) is 0.152. The lowest BCUT2D eigenvalue weighted by molar-refractivity contribution is 0.0952. The zero-order valence-corrected chi connectivity index (χ0v) is 22.3. The number of para-hydroxylation sites is 1. The molecular weight excluding hydrogens is 486 g/mol. The van der Waals surface area contributed by atoms with E-state index in [0.29, 0.717) is 6.54 Å². The Morgan fingerprint density at radius 3 is 2.05 bits per heavy atom. The van der Waals surface area contributed by atoms with Crippen molar-refractivity contribution in [3.05, 3.63) is 126 Å². The Balaban J connectivity index is 1.35. The first-order valence-electron chi connectivity index (χ1n) is 13.0. The average Bonchev–Trinajstić information content (AvgIpc) is 3.36. The van der Waals surface area contributed by atoms with E-state index in [2.05, 4.69) is 82.7 Å². The predicted octanol–water partition coefficient (Wildman–Crippen LogP) is 7.82. The summed E-state index contributed by atoms with van der Waals surface area (Å²) in [6.45, 7) is 2.62. The number of amides is 1. The van der Waals surface area contributed by atoms with E-state index in [1.165, 1.54) is 0 Å². The molecule has 1 heterocycles. The summed E-state index contributed by atoms with van der Waals surface area (Å²) in [5, 5.41) is 4.03. The van der Waals surface area contributed by atoms with Gasteiger partial charge in [0.2, 0.25) is 0 Å². The maximum Gasteiger partial charge on any atom is 0.251 e. The first kappa shape index (κ1) is 25.6. The second-order valence-corrected chi connectivity index (χ2v) is 10.2. The van der Waals surface area contributed by atoms with E-state index in [9.17, 15) is 4.79 Å².